The van der Waals surface area contributed by atoms with Crippen molar-refractivity contribution in [1.82, 2.24) is 20.3 Å². The molecule has 0 radical (unpaired) electrons. The van der Waals surface area contributed by atoms with Crippen LogP contribution in [0.25, 0.3) is 10.6 Å². The van der Waals surface area contributed by atoms with E-state index < -0.39 is 0 Å². The average molecular weight is 367 g/mol. The van der Waals surface area contributed by atoms with Crippen molar-refractivity contribution in [2.24, 2.45) is 0 Å². The third kappa shape index (κ3) is 3.40. The second kappa shape index (κ2) is 6.23. The van der Waals surface area contributed by atoms with Crippen molar-refractivity contribution in [2.75, 3.05) is 6.54 Å². The molecule has 0 bridgehead atoms. The number of rotatable bonds is 5. The average Bonchev–Trinajstić information content (AvgIpc) is 3.19. The largest absolute Gasteiger partial charge is 0.355 e. The van der Waals surface area contributed by atoms with Gasteiger partial charge in [0, 0.05) is 18.8 Å². The van der Waals surface area contributed by atoms with Crippen molar-refractivity contribution in [1.29, 1.82) is 0 Å². The molecule has 0 atom stereocenters. The molecule has 0 saturated carbocycles. The first kappa shape index (κ1) is 14.0. The third-order valence-electron chi connectivity index (χ3n) is 2.74. The highest BCUT2D eigenvalue weighted by Gasteiger charge is 2.13. The van der Waals surface area contributed by atoms with Gasteiger partial charge in [0.05, 0.1) is 22.1 Å². The highest BCUT2D eigenvalue weighted by atomic mass is 79.9. The molecule has 1 N–H and O–H groups in total. The van der Waals surface area contributed by atoms with Crippen LogP contribution in [-0.4, -0.2) is 27.4 Å². The minimum atomic E-state index is -0.257. The summed E-state index contributed by atoms with van der Waals surface area (Å²) in [6.07, 6.45) is 3.55. The van der Waals surface area contributed by atoms with Gasteiger partial charge in [0.15, 0.2) is 11.5 Å². The number of hydrogen-bond acceptors (Lipinski definition) is 5. The summed E-state index contributed by atoms with van der Waals surface area (Å²) < 4.78 is 7.82. The van der Waals surface area contributed by atoms with E-state index in [1.807, 2.05) is 23.7 Å². The van der Waals surface area contributed by atoms with Gasteiger partial charge in [-0.1, -0.05) is 11.2 Å². The number of thiophene rings is 1. The highest BCUT2D eigenvalue weighted by Crippen LogP contribution is 2.24. The van der Waals surface area contributed by atoms with Gasteiger partial charge in [0.2, 0.25) is 0 Å². The maximum Gasteiger partial charge on any atom is 0.273 e. The Morgan fingerprint density at radius 2 is 2.43 bits per heavy atom. The monoisotopic (exact) mass is 366 g/mol. The molecule has 6 nitrogen and oxygen atoms in total. The number of halogens is 1. The molecule has 0 saturated heterocycles. The van der Waals surface area contributed by atoms with Crippen molar-refractivity contribution in [3.63, 3.8) is 0 Å². The lowest BCUT2D eigenvalue weighted by atomic mass is 10.3. The van der Waals surface area contributed by atoms with E-state index in [0.717, 1.165) is 9.35 Å². The van der Waals surface area contributed by atoms with E-state index in [1.54, 1.807) is 16.9 Å². The van der Waals surface area contributed by atoms with Crippen LogP contribution in [0.1, 0.15) is 10.5 Å². The SMILES string of the molecule is O=C(NCCn1cc(Br)cn1)c1cc(-c2cccs2)on1. The summed E-state index contributed by atoms with van der Waals surface area (Å²) in [6, 6.07) is 5.48. The minimum absolute atomic E-state index is 0.257. The molecule has 0 aliphatic carbocycles. The molecule has 3 aromatic rings. The first-order valence-corrected chi connectivity index (χ1v) is 7.86. The summed E-state index contributed by atoms with van der Waals surface area (Å²) in [7, 11) is 0. The second-order valence-electron chi connectivity index (χ2n) is 4.23. The number of aromatic nitrogens is 3. The fourth-order valence-electron chi connectivity index (χ4n) is 1.75. The van der Waals surface area contributed by atoms with Crippen LogP contribution in [-0.2, 0) is 6.54 Å². The smallest absolute Gasteiger partial charge is 0.273 e. The molecule has 0 fully saturated rings. The Morgan fingerprint density at radius 1 is 1.52 bits per heavy atom. The number of hydrogen-bond donors (Lipinski definition) is 1. The van der Waals surface area contributed by atoms with Crippen LogP contribution in [0.2, 0.25) is 0 Å². The lowest BCUT2D eigenvalue weighted by molar-refractivity contribution is 0.0943. The first-order valence-electron chi connectivity index (χ1n) is 6.19. The Labute approximate surface area is 132 Å². The third-order valence-corrected chi connectivity index (χ3v) is 4.03. The van der Waals surface area contributed by atoms with Gasteiger partial charge in [-0.15, -0.1) is 11.3 Å². The molecule has 1 amide bonds. The van der Waals surface area contributed by atoms with E-state index >= 15 is 0 Å². The van der Waals surface area contributed by atoms with Crippen molar-refractivity contribution in [2.45, 2.75) is 6.54 Å². The molecule has 0 aliphatic heterocycles. The molecule has 21 heavy (non-hydrogen) atoms. The van der Waals surface area contributed by atoms with Crippen molar-refractivity contribution >= 4 is 33.2 Å². The molecule has 3 heterocycles. The maximum atomic E-state index is 12.0. The topological polar surface area (TPSA) is 73.0 Å². The maximum absolute atomic E-state index is 12.0. The summed E-state index contributed by atoms with van der Waals surface area (Å²) >= 11 is 4.86. The molecular formula is C13H11BrN4O2S. The molecular weight excluding hydrogens is 356 g/mol. The number of carbonyl (C=O) groups is 1. The minimum Gasteiger partial charge on any atom is -0.355 e. The van der Waals surface area contributed by atoms with Gasteiger partial charge in [0.25, 0.3) is 5.91 Å². The van der Waals surface area contributed by atoms with Gasteiger partial charge in [-0.2, -0.15) is 5.10 Å². The van der Waals surface area contributed by atoms with Crippen LogP contribution in [0.5, 0.6) is 0 Å². The lowest BCUT2D eigenvalue weighted by Crippen LogP contribution is -2.27. The fraction of sp³-hybridized carbons (Fsp3) is 0.154. The fourth-order valence-corrected chi connectivity index (χ4v) is 2.75. The number of nitrogens with zero attached hydrogens (tertiary/aromatic N) is 3. The lowest BCUT2D eigenvalue weighted by Gasteiger charge is -2.02. The van der Waals surface area contributed by atoms with E-state index in [1.165, 1.54) is 11.3 Å². The van der Waals surface area contributed by atoms with Gasteiger partial charge in [-0.05, 0) is 27.4 Å². The van der Waals surface area contributed by atoms with E-state index in [-0.39, 0.29) is 11.6 Å². The van der Waals surface area contributed by atoms with Gasteiger partial charge in [-0.3, -0.25) is 9.48 Å². The van der Waals surface area contributed by atoms with Gasteiger partial charge in [-0.25, -0.2) is 0 Å². The Kier molecular flexibility index (Phi) is 4.16. The van der Waals surface area contributed by atoms with Crippen LogP contribution in [0, 0.1) is 0 Å². The van der Waals surface area contributed by atoms with E-state index in [0.29, 0.717) is 18.8 Å². The van der Waals surface area contributed by atoms with Crippen molar-refractivity contribution in [3.05, 3.63) is 46.1 Å². The second-order valence-corrected chi connectivity index (χ2v) is 6.09. The predicted octanol–water partition coefficient (Wildman–Crippen LogP) is 2.79. The van der Waals surface area contributed by atoms with Gasteiger partial charge in [0.1, 0.15) is 0 Å². The van der Waals surface area contributed by atoms with Crippen LogP contribution >= 0.6 is 27.3 Å². The summed E-state index contributed by atoms with van der Waals surface area (Å²) in [6.45, 7) is 1.06. The predicted molar refractivity (Wildman–Crippen MR) is 82.1 cm³/mol. The van der Waals surface area contributed by atoms with Crippen molar-refractivity contribution < 1.29 is 9.32 Å². The molecule has 108 valence electrons. The van der Waals surface area contributed by atoms with Gasteiger partial charge < -0.3 is 9.84 Å². The van der Waals surface area contributed by atoms with E-state index in [4.69, 9.17) is 4.52 Å². The Bertz CT molecular complexity index is 735. The number of nitrogens with one attached hydrogen (secondary N) is 1. The summed E-state index contributed by atoms with van der Waals surface area (Å²) in [5, 5.41) is 12.6. The molecule has 3 rings (SSSR count). The molecule has 8 heteroatoms. The van der Waals surface area contributed by atoms with E-state index in [2.05, 4.69) is 31.5 Å². The first-order chi connectivity index (χ1) is 10.2. The summed E-state index contributed by atoms with van der Waals surface area (Å²) in [5.74, 6) is 0.346. The molecule has 3 aromatic heterocycles. The van der Waals surface area contributed by atoms with Crippen LogP contribution in [0.15, 0.2) is 45.0 Å². The number of amides is 1. The van der Waals surface area contributed by atoms with Crippen LogP contribution in [0.3, 0.4) is 0 Å². The molecule has 0 spiro atoms. The van der Waals surface area contributed by atoms with E-state index in [9.17, 15) is 4.79 Å². The van der Waals surface area contributed by atoms with Crippen molar-refractivity contribution in [3.8, 4) is 10.6 Å². The Hall–Kier alpha value is -1.93. The quantitative estimate of drug-likeness (QED) is 0.753. The van der Waals surface area contributed by atoms with Crippen LogP contribution in [0.4, 0.5) is 0 Å². The number of carbonyl (C=O) groups excluding carboxylic acids is 1. The molecule has 0 aromatic carbocycles. The summed E-state index contributed by atoms with van der Waals surface area (Å²) in [5.41, 5.74) is 0.278. The summed E-state index contributed by atoms with van der Waals surface area (Å²) in [4.78, 5) is 12.9. The normalized spacial score (nSPS) is 10.7. The zero-order valence-corrected chi connectivity index (χ0v) is 13.2. The van der Waals surface area contributed by atoms with Crippen LogP contribution < -0.4 is 5.32 Å². The zero-order chi connectivity index (χ0) is 14.7. The molecule has 0 aliphatic rings. The molecule has 0 unspecified atom stereocenters. The Morgan fingerprint density at radius 3 is 3.14 bits per heavy atom. The standard InChI is InChI=1S/C13H11BrN4O2S/c14-9-7-16-18(8-9)4-3-15-13(19)10-6-11(20-17-10)12-2-1-5-21-12/h1-2,5-8H,3-4H2,(H,15,19). The Balaban J connectivity index is 1.56. The van der Waals surface area contributed by atoms with Gasteiger partial charge >= 0.3 is 0 Å². The highest BCUT2D eigenvalue weighted by molar-refractivity contribution is 9.10. The zero-order valence-electron chi connectivity index (χ0n) is 10.8.